The van der Waals surface area contributed by atoms with Crippen molar-refractivity contribution in [3.63, 3.8) is 0 Å². The van der Waals surface area contributed by atoms with Gasteiger partial charge in [0.15, 0.2) is 0 Å². The molecule has 2 N–H and O–H groups in total. The number of pyridine rings is 1. The first kappa shape index (κ1) is 13.7. The van der Waals surface area contributed by atoms with Gasteiger partial charge in [0, 0.05) is 6.07 Å². The Kier molecular flexibility index (Phi) is 4.39. The van der Waals surface area contributed by atoms with Gasteiger partial charge in [-0.3, -0.25) is 10.3 Å². The van der Waals surface area contributed by atoms with E-state index in [-0.39, 0.29) is 0 Å². The van der Waals surface area contributed by atoms with Crippen molar-refractivity contribution >= 4 is 11.8 Å². The van der Waals surface area contributed by atoms with Gasteiger partial charge < -0.3 is 14.6 Å². The van der Waals surface area contributed by atoms with Crippen LogP contribution < -0.4 is 14.8 Å². The van der Waals surface area contributed by atoms with E-state index in [0.717, 1.165) is 11.3 Å². The number of nitrogens with zero attached hydrogens (tertiary/aromatic N) is 1. The maximum atomic E-state index is 10.5. The molecule has 1 aromatic heterocycles. The van der Waals surface area contributed by atoms with Gasteiger partial charge in [-0.2, -0.15) is 0 Å². The number of carboxylic acid groups (broad SMARTS) is 1. The lowest BCUT2D eigenvalue weighted by atomic mass is 10.2. The number of aromatic nitrogens is 1. The van der Waals surface area contributed by atoms with Crippen molar-refractivity contribution in [1.29, 1.82) is 0 Å². The molecule has 1 aromatic carbocycles. The van der Waals surface area contributed by atoms with Crippen LogP contribution in [0.25, 0.3) is 0 Å². The van der Waals surface area contributed by atoms with Crippen LogP contribution in [0.5, 0.6) is 11.5 Å². The quantitative estimate of drug-likeness (QED) is 0.876. The van der Waals surface area contributed by atoms with E-state index >= 15 is 0 Å². The van der Waals surface area contributed by atoms with E-state index in [0.29, 0.717) is 18.0 Å². The Hall–Kier alpha value is -2.76. The zero-order chi connectivity index (χ0) is 14.4. The van der Waals surface area contributed by atoms with Crippen LogP contribution in [0.2, 0.25) is 0 Å². The maximum absolute atomic E-state index is 10.5. The van der Waals surface area contributed by atoms with E-state index in [1.807, 2.05) is 24.3 Å². The van der Waals surface area contributed by atoms with Gasteiger partial charge in [0.1, 0.15) is 18.1 Å². The second-order valence-corrected chi connectivity index (χ2v) is 3.98. The fourth-order valence-corrected chi connectivity index (χ4v) is 1.58. The number of benzene rings is 1. The molecule has 0 saturated carbocycles. The number of ether oxygens (including phenoxy) is 2. The Morgan fingerprint density at radius 2 is 2.00 bits per heavy atom. The van der Waals surface area contributed by atoms with Crippen molar-refractivity contribution in [1.82, 2.24) is 4.98 Å². The van der Waals surface area contributed by atoms with Gasteiger partial charge in [0.25, 0.3) is 0 Å². The maximum Gasteiger partial charge on any atom is 0.409 e. The molecule has 0 aliphatic heterocycles. The molecule has 0 aliphatic rings. The highest BCUT2D eigenvalue weighted by Crippen LogP contribution is 2.18. The molecule has 6 nitrogen and oxygen atoms in total. The lowest BCUT2D eigenvalue weighted by molar-refractivity contribution is 0.209. The first-order valence-corrected chi connectivity index (χ1v) is 5.88. The van der Waals surface area contributed by atoms with E-state index in [1.165, 1.54) is 12.4 Å². The van der Waals surface area contributed by atoms with Crippen LogP contribution in [0.15, 0.2) is 42.7 Å². The minimum Gasteiger partial charge on any atom is -0.497 e. The molecule has 0 radical (unpaired) electrons. The third kappa shape index (κ3) is 3.88. The van der Waals surface area contributed by atoms with Crippen molar-refractivity contribution in [2.45, 2.75) is 6.61 Å². The third-order valence-corrected chi connectivity index (χ3v) is 2.53. The highest BCUT2D eigenvalue weighted by atomic mass is 16.5. The molecule has 0 bridgehead atoms. The summed E-state index contributed by atoms with van der Waals surface area (Å²) in [4.78, 5) is 14.4. The Balaban J connectivity index is 1.97. The van der Waals surface area contributed by atoms with Crippen LogP contribution in [-0.2, 0) is 6.61 Å². The fraction of sp³-hybridized carbons (Fsp3) is 0.143. The van der Waals surface area contributed by atoms with Gasteiger partial charge >= 0.3 is 6.09 Å². The number of rotatable bonds is 5. The predicted octanol–water partition coefficient (Wildman–Crippen LogP) is 2.76. The van der Waals surface area contributed by atoms with Crippen LogP contribution in [-0.4, -0.2) is 23.3 Å². The predicted molar refractivity (Wildman–Crippen MR) is 73.2 cm³/mol. The monoisotopic (exact) mass is 274 g/mol. The fourth-order valence-electron chi connectivity index (χ4n) is 1.58. The van der Waals surface area contributed by atoms with Crippen molar-refractivity contribution in [3.05, 3.63) is 48.3 Å². The molecule has 0 unspecified atom stereocenters. The van der Waals surface area contributed by atoms with E-state index < -0.39 is 6.09 Å². The summed E-state index contributed by atoms with van der Waals surface area (Å²) in [5.74, 6) is 1.27. The highest BCUT2D eigenvalue weighted by molar-refractivity contribution is 5.82. The van der Waals surface area contributed by atoms with Gasteiger partial charge in [-0.1, -0.05) is 12.1 Å². The standard InChI is InChI=1S/C14H14N2O4/c1-19-12-4-2-10(3-5-12)9-20-13-6-11(7-15-8-13)16-14(17)18/h2-8,16H,9H2,1H3,(H,17,18). The number of nitrogens with one attached hydrogen (secondary N) is 1. The SMILES string of the molecule is COc1ccc(COc2cncc(NC(=O)O)c2)cc1. The second-order valence-electron chi connectivity index (χ2n) is 3.98. The minimum absolute atomic E-state index is 0.363. The van der Waals surface area contributed by atoms with Crippen molar-refractivity contribution in [3.8, 4) is 11.5 Å². The Bertz CT molecular complexity index is 584. The number of anilines is 1. The topological polar surface area (TPSA) is 80.7 Å². The van der Waals surface area contributed by atoms with E-state index in [1.54, 1.807) is 13.2 Å². The molecular formula is C14H14N2O4. The van der Waals surface area contributed by atoms with Crippen LogP contribution in [0.3, 0.4) is 0 Å². The summed E-state index contributed by atoms with van der Waals surface area (Å²) < 4.78 is 10.6. The van der Waals surface area contributed by atoms with Gasteiger partial charge in [-0.05, 0) is 17.7 Å². The van der Waals surface area contributed by atoms with E-state index in [9.17, 15) is 4.79 Å². The molecule has 0 atom stereocenters. The second kappa shape index (κ2) is 6.42. The molecule has 2 aromatic rings. The third-order valence-electron chi connectivity index (χ3n) is 2.53. The molecule has 1 heterocycles. The summed E-state index contributed by atoms with van der Waals surface area (Å²) in [6.07, 6.45) is 1.80. The molecule has 0 saturated heterocycles. The average Bonchev–Trinajstić information content (AvgIpc) is 2.45. The number of hydrogen-bond acceptors (Lipinski definition) is 4. The number of methoxy groups -OCH3 is 1. The zero-order valence-electron chi connectivity index (χ0n) is 10.9. The van der Waals surface area contributed by atoms with E-state index in [4.69, 9.17) is 14.6 Å². The molecule has 20 heavy (non-hydrogen) atoms. The summed E-state index contributed by atoms with van der Waals surface area (Å²) in [6.45, 7) is 0.363. The van der Waals surface area contributed by atoms with Crippen LogP contribution in [0, 0.1) is 0 Å². The summed E-state index contributed by atoms with van der Waals surface area (Å²) >= 11 is 0. The summed E-state index contributed by atoms with van der Waals surface area (Å²) in [5, 5.41) is 10.8. The molecule has 0 spiro atoms. The van der Waals surface area contributed by atoms with Crippen molar-refractivity contribution < 1.29 is 19.4 Å². The zero-order valence-corrected chi connectivity index (χ0v) is 10.9. The smallest absolute Gasteiger partial charge is 0.409 e. The molecular weight excluding hydrogens is 260 g/mol. The van der Waals surface area contributed by atoms with Crippen LogP contribution >= 0.6 is 0 Å². The lowest BCUT2D eigenvalue weighted by Crippen LogP contribution is -2.07. The van der Waals surface area contributed by atoms with Gasteiger partial charge in [0.05, 0.1) is 25.2 Å². The molecule has 6 heteroatoms. The molecule has 0 fully saturated rings. The number of hydrogen-bond donors (Lipinski definition) is 2. The van der Waals surface area contributed by atoms with E-state index in [2.05, 4.69) is 10.3 Å². The van der Waals surface area contributed by atoms with Crippen LogP contribution in [0.1, 0.15) is 5.56 Å². The van der Waals surface area contributed by atoms with Crippen molar-refractivity contribution in [2.24, 2.45) is 0 Å². The van der Waals surface area contributed by atoms with Gasteiger partial charge in [0.2, 0.25) is 0 Å². The molecule has 0 aliphatic carbocycles. The van der Waals surface area contributed by atoms with Crippen LogP contribution in [0.4, 0.5) is 10.5 Å². The number of carbonyl (C=O) groups is 1. The van der Waals surface area contributed by atoms with Crippen molar-refractivity contribution in [2.75, 3.05) is 12.4 Å². The summed E-state index contributed by atoms with van der Waals surface area (Å²) in [6, 6.07) is 9.06. The Morgan fingerprint density at radius 1 is 1.25 bits per heavy atom. The Morgan fingerprint density at radius 3 is 2.65 bits per heavy atom. The minimum atomic E-state index is -1.14. The average molecular weight is 274 g/mol. The first-order chi connectivity index (χ1) is 9.67. The molecule has 1 amide bonds. The number of amides is 1. The molecule has 104 valence electrons. The molecule has 2 rings (SSSR count). The normalized spacial score (nSPS) is 9.85. The first-order valence-electron chi connectivity index (χ1n) is 5.88. The summed E-state index contributed by atoms with van der Waals surface area (Å²) in [7, 11) is 1.61. The van der Waals surface area contributed by atoms with Gasteiger partial charge in [-0.15, -0.1) is 0 Å². The Labute approximate surface area is 116 Å². The summed E-state index contributed by atoms with van der Waals surface area (Å²) in [5.41, 5.74) is 1.34. The highest BCUT2D eigenvalue weighted by Gasteiger charge is 2.02. The lowest BCUT2D eigenvalue weighted by Gasteiger charge is -2.08. The largest absolute Gasteiger partial charge is 0.497 e. The van der Waals surface area contributed by atoms with Gasteiger partial charge in [-0.25, -0.2) is 4.79 Å².